The summed E-state index contributed by atoms with van der Waals surface area (Å²) >= 11 is 0. The van der Waals surface area contributed by atoms with Crippen molar-refractivity contribution in [3.63, 3.8) is 0 Å². The quantitative estimate of drug-likeness (QED) is 0.169. The fourth-order valence-corrected chi connectivity index (χ4v) is 12.3. The molecule has 0 N–H and O–H groups in total. The summed E-state index contributed by atoms with van der Waals surface area (Å²) in [6, 6.07) is 69.4. The maximum absolute atomic E-state index is 5.28. The van der Waals surface area contributed by atoms with Crippen molar-refractivity contribution in [2.75, 3.05) is 0 Å². The van der Waals surface area contributed by atoms with Crippen LogP contribution in [0, 0.1) is 0 Å². The predicted molar refractivity (Wildman–Crippen MR) is 220 cm³/mol. The smallest absolute Gasteiger partial charge is 0.113 e. The molecule has 7 aromatic carbocycles. The molecule has 0 bridgehead atoms. The second-order valence-electron chi connectivity index (χ2n) is 14.7. The first-order valence-corrected chi connectivity index (χ1v) is 21.2. The van der Waals surface area contributed by atoms with Crippen molar-refractivity contribution in [3.05, 3.63) is 210 Å². The highest BCUT2D eigenvalue weighted by molar-refractivity contribution is 7.01. The second-order valence-corrected chi connectivity index (χ2v) is 19.0. The molecule has 0 radical (unpaired) electrons. The van der Waals surface area contributed by atoms with Gasteiger partial charge in [-0.25, -0.2) is 4.98 Å². The molecule has 2 aliphatic rings. The van der Waals surface area contributed by atoms with E-state index in [1.54, 1.807) is 0 Å². The lowest BCUT2D eigenvalue weighted by atomic mass is 9.67. The van der Waals surface area contributed by atoms with E-state index in [2.05, 4.69) is 201 Å². The summed E-state index contributed by atoms with van der Waals surface area (Å²) in [5.74, 6) is 0. The SMILES string of the molecule is C[Si]1(C)c2ccccc2C2(c3ccccc3-c3cc(-c4cc(-c5ccccc5)nc(-c5cccc(-c6ccccc6)c5)c4)ccc32)c2ccccc21. The number of fused-ring (bicyclic) bond motifs is 9. The third-order valence-electron chi connectivity index (χ3n) is 11.5. The first kappa shape index (κ1) is 30.7. The average Bonchev–Trinajstić information content (AvgIpc) is 3.51. The molecule has 0 unspecified atom stereocenters. The van der Waals surface area contributed by atoms with Crippen molar-refractivity contribution >= 4 is 18.4 Å². The van der Waals surface area contributed by atoms with Crippen LogP contribution in [0.15, 0.2) is 188 Å². The molecule has 8 aromatic rings. The topological polar surface area (TPSA) is 12.9 Å². The van der Waals surface area contributed by atoms with Gasteiger partial charge in [0.1, 0.15) is 8.07 Å². The Kier molecular flexibility index (Phi) is 6.93. The molecule has 1 aliphatic carbocycles. The van der Waals surface area contributed by atoms with E-state index in [4.69, 9.17) is 4.98 Å². The highest BCUT2D eigenvalue weighted by atomic mass is 28.3. The number of aromatic nitrogens is 1. The van der Waals surface area contributed by atoms with E-state index in [0.717, 1.165) is 28.1 Å². The molecule has 246 valence electrons. The van der Waals surface area contributed by atoms with Gasteiger partial charge in [-0.3, -0.25) is 0 Å². The number of benzene rings is 7. The van der Waals surface area contributed by atoms with Crippen molar-refractivity contribution in [1.82, 2.24) is 4.98 Å². The Morgan fingerprint density at radius 2 is 0.846 bits per heavy atom. The molecule has 2 heteroatoms. The molecule has 0 saturated carbocycles. The van der Waals surface area contributed by atoms with Gasteiger partial charge in [-0.2, -0.15) is 0 Å². The van der Waals surface area contributed by atoms with E-state index < -0.39 is 8.07 Å². The van der Waals surface area contributed by atoms with Crippen LogP contribution in [0.3, 0.4) is 0 Å². The molecular weight excluding hydrogens is 643 g/mol. The maximum Gasteiger partial charge on any atom is 0.113 e. The van der Waals surface area contributed by atoms with Gasteiger partial charge in [0.15, 0.2) is 0 Å². The fraction of sp³-hybridized carbons (Fsp3) is 0.0600. The molecule has 1 aliphatic heterocycles. The van der Waals surface area contributed by atoms with E-state index in [9.17, 15) is 0 Å². The van der Waals surface area contributed by atoms with Gasteiger partial charge in [0, 0.05) is 11.1 Å². The second kappa shape index (κ2) is 11.7. The minimum absolute atomic E-state index is 0.364. The zero-order valence-corrected chi connectivity index (χ0v) is 30.3. The summed E-state index contributed by atoms with van der Waals surface area (Å²) in [5, 5.41) is 3.06. The molecule has 1 aromatic heterocycles. The zero-order chi connectivity index (χ0) is 34.9. The van der Waals surface area contributed by atoms with Crippen LogP contribution in [0.2, 0.25) is 13.1 Å². The summed E-state index contributed by atoms with van der Waals surface area (Å²) in [6.45, 7) is 5.03. The predicted octanol–water partition coefficient (Wildman–Crippen LogP) is 11.2. The third-order valence-corrected chi connectivity index (χ3v) is 15.1. The summed E-state index contributed by atoms with van der Waals surface area (Å²) in [6.07, 6.45) is 0. The molecule has 0 atom stereocenters. The summed E-state index contributed by atoms with van der Waals surface area (Å²) in [5.41, 5.74) is 16.8. The highest BCUT2D eigenvalue weighted by Gasteiger charge is 2.53. The Morgan fingerprint density at radius 3 is 1.54 bits per heavy atom. The minimum atomic E-state index is -1.94. The molecule has 52 heavy (non-hydrogen) atoms. The van der Waals surface area contributed by atoms with Gasteiger partial charge in [-0.1, -0.05) is 177 Å². The van der Waals surface area contributed by atoms with Crippen molar-refractivity contribution in [2.24, 2.45) is 0 Å². The van der Waals surface area contributed by atoms with Gasteiger partial charge in [0.2, 0.25) is 0 Å². The van der Waals surface area contributed by atoms with E-state index in [0.29, 0.717) is 0 Å². The van der Waals surface area contributed by atoms with Crippen molar-refractivity contribution in [3.8, 4) is 55.9 Å². The standard InChI is InChI=1S/C50H37NSi/c1-52(2)48-26-13-11-24-44(48)50(45-25-12-14-27-49(45)52)42-23-10-9-22-40(42)41-31-37(28-29-43(41)50)39-32-46(35-18-7-4-8-19-35)51-47(33-39)38-21-15-20-36(30-38)34-16-5-3-6-17-34/h3-33H,1-2H3. The Hall–Kier alpha value is -6.09. The monoisotopic (exact) mass is 679 g/mol. The lowest BCUT2D eigenvalue weighted by Gasteiger charge is -2.45. The van der Waals surface area contributed by atoms with Crippen LogP contribution < -0.4 is 10.4 Å². The lowest BCUT2D eigenvalue weighted by Crippen LogP contribution is -2.63. The van der Waals surface area contributed by atoms with Crippen molar-refractivity contribution < 1.29 is 0 Å². The van der Waals surface area contributed by atoms with E-state index >= 15 is 0 Å². The van der Waals surface area contributed by atoms with Crippen molar-refractivity contribution in [2.45, 2.75) is 18.5 Å². The molecule has 1 spiro atoms. The van der Waals surface area contributed by atoms with E-state index in [1.165, 1.54) is 60.4 Å². The van der Waals surface area contributed by atoms with Crippen LogP contribution in [-0.4, -0.2) is 13.1 Å². The van der Waals surface area contributed by atoms with E-state index in [1.807, 2.05) is 0 Å². The number of hydrogen-bond acceptors (Lipinski definition) is 1. The number of nitrogens with zero attached hydrogens (tertiary/aromatic N) is 1. The van der Waals surface area contributed by atoms with Gasteiger partial charge < -0.3 is 0 Å². The molecule has 2 heterocycles. The van der Waals surface area contributed by atoms with Crippen LogP contribution in [0.1, 0.15) is 22.3 Å². The van der Waals surface area contributed by atoms with Gasteiger partial charge in [0.05, 0.1) is 16.8 Å². The molecule has 0 fully saturated rings. The molecule has 1 nitrogen and oxygen atoms in total. The number of hydrogen-bond donors (Lipinski definition) is 0. The molecular formula is C50H37NSi. The first-order valence-electron chi connectivity index (χ1n) is 18.2. The van der Waals surface area contributed by atoms with Gasteiger partial charge >= 0.3 is 0 Å². The highest BCUT2D eigenvalue weighted by Crippen LogP contribution is 2.57. The summed E-state index contributed by atoms with van der Waals surface area (Å²) in [7, 11) is -1.94. The molecule has 10 rings (SSSR count). The Balaban J connectivity index is 1.20. The normalized spacial score (nSPS) is 14.3. The molecule has 0 saturated heterocycles. The summed E-state index contributed by atoms with van der Waals surface area (Å²) < 4.78 is 0. The lowest BCUT2D eigenvalue weighted by molar-refractivity contribution is 0.773. The Labute approximate surface area is 307 Å². The minimum Gasteiger partial charge on any atom is -0.248 e. The maximum atomic E-state index is 5.28. The van der Waals surface area contributed by atoms with Gasteiger partial charge in [0.25, 0.3) is 0 Å². The van der Waals surface area contributed by atoms with Crippen LogP contribution in [0.25, 0.3) is 55.9 Å². The van der Waals surface area contributed by atoms with Crippen LogP contribution in [0.5, 0.6) is 0 Å². The van der Waals surface area contributed by atoms with Crippen LogP contribution >= 0.6 is 0 Å². The molecule has 0 amide bonds. The van der Waals surface area contributed by atoms with Gasteiger partial charge in [-0.15, -0.1) is 0 Å². The Morgan fingerprint density at radius 1 is 0.346 bits per heavy atom. The average molecular weight is 680 g/mol. The van der Waals surface area contributed by atoms with Gasteiger partial charge in [-0.05, 0) is 90.3 Å². The Bertz CT molecular complexity index is 2610. The first-order chi connectivity index (χ1) is 25.5. The number of pyridine rings is 1. The fourth-order valence-electron chi connectivity index (χ4n) is 9.14. The van der Waals surface area contributed by atoms with Crippen LogP contribution in [0.4, 0.5) is 0 Å². The third kappa shape index (κ3) is 4.51. The largest absolute Gasteiger partial charge is 0.248 e. The van der Waals surface area contributed by atoms with Crippen molar-refractivity contribution in [1.29, 1.82) is 0 Å². The number of rotatable bonds is 4. The zero-order valence-electron chi connectivity index (χ0n) is 29.3. The summed E-state index contributed by atoms with van der Waals surface area (Å²) in [4.78, 5) is 5.28. The van der Waals surface area contributed by atoms with E-state index in [-0.39, 0.29) is 5.41 Å². The van der Waals surface area contributed by atoms with Crippen LogP contribution in [-0.2, 0) is 5.41 Å².